The number of nitrogens with one attached hydrogen (secondary N) is 1. The first kappa shape index (κ1) is 22.0. The quantitative estimate of drug-likeness (QED) is 0.315. The van der Waals surface area contributed by atoms with Crippen molar-refractivity contribution in [1.82, 2.24) is 25.2 Å². The highest BCUT2D eigenvalue weighted by atomic mass is 127. The zero-order valence-corrected chi connectivity index (χ0v) is 19.3. The lowest BCUT2D eigenvalue weighted by Crippen LogP contribution is -2.53. The van der Waals surface area contributed by atoms with Crippen LogP contribution in [0.5, 0.6) is 0 Å². The highest BCUT2D eigenvalue weighted by molar-refractivity contribution is 14.0. The van der Waals surface area contributed by atoms with E-state index in [4.69, 9.17) is 9.41 Å². The van der Waals surface area contributed by atoms with E-state index in [1.54, 1.807) is 18.7 Å². The molecule has 2 aromatic heterocycles. The number of piperazine rings is 1. The van der Waals surface area contributed by atoms with Crippen molar-refractivity contribution >= 4 is 35.9 Å². The van der Waals surface area contributed by atoms with Crippen LogP contribution in [0.2, 0.25) is 0 Å². The molecular weight excluding hydrogens is 493 g/mol. The van der Waals surface area contributed by atoms with Crippen molar-refractivity contribution in [3.63, 3.8) is 0 Å². The minimum absolute atomic E-state index is 0. The van der Waals surface area contributed by atoms with E-state index in [1.807, 2.05) is 36.4 Å². The molecule has 1 saturated heterocycles. The predicted octanol–water partition coefficient (Wildman–Crippen LogP) is 3.04. The van der Waals surface area contributed by atoms with Gasteiger partial charge in [-0.1, -0.05) is 18.2 Å². The number of hydrogen-bond acceptors (Lipinski definition) is 6. The van der Waals surface area contributed by atoms with Crippen molar-refractivity contribution in [2.45, 2.75) is 13.5 Å². The minimum atomic E-state index is 0. The smallest absolute Gasteiger partial charge is 0.226 e. The molecule has 1 N–H and O–H groups in total. The maximum absolute atomic E-state index is 5.62. The van der Waals surface area contributed by atoms with Crippen molar-refractivity contribution in [1.29, 1.82) is 0 Å². The molecule has 0 amide bonds. The van der Waals surface area contributed by atoms with Gasteiger partial charge in [0.25, 0.3) is 0 Å². The zero-order valence-electron chi connectivity index (χ0n) is 16.9. The van der Waals surface area contributed by atoms with Crippen LogP contribution in [0.4, 0.5) is 5.95 Å². The average molecular weight is 519 g/mol. The third-order valence-electron chi connectivity index (χ3n) is 4.71. The lowest BCUT2D eigenvalue weighted by atomic mass is 10.2. The molecule has 30 heavy (non-hydrogen) atoms. The molecule has 9 heteroatoms. The normalized spacial score (nSPS) is 14.4. The summed E-state index contributed by atoms with van der Waals surface area (Å²) in [6, 6.07) is 11.7. The molecule has 0 spiro atoms. The van der Waals surface area contributed by atoms with Crippen molar-refractivity contribution in [3.05, 3.63) is 60.7 Å². The van der Waals surface area contributed by atoms with Gasteiger partial charge in [-0.2, -0.15) is 0 Å². The van der Waals surface area contributed by atoms with Crippen LogP contribution in [-0.2, 0) is 6.54 Å². The van der Waals surface area contributed by atoms with Crippen molar-refractivity contribution in [3.8, 4) is 11.5 Å². The van der Waals surface area contributed by atoms with E-state index in [1.165, 1.54) is 0 Å². The summed E-state index contributed by atoms with van der Waals surface area (Å²) in [5, 5.41) is 3.38. The Balaban J connectivity index is 0.00000256. The maximum atomic E-state index is 5.62. The van der Waals surface area contributed by atoms with E-state index >= 15 is 0 Å². The summed E-state index contributed by atoms with van der Waals surface area (Å²) in [7, 11) is 0. The van der Waals surface area contributed by atoms with E-state index in [-0.39, 0.29) is 24.0 Å². The summed E-state index contributed by atoms with van der Waals surface area (Å²) in [5.41, 5.74) is 1.78. The van der Waals surface area contributed by atoms with Gasteiger partial charge in [0.1, 0.15) is 12.0 Å². The monoisotopic (exact) mass is 519 g/mol. The van der Waals surface area contributed by atoms with Gasteiger partial charge >= 0.3 is 0 Å². The number of halogens is 1. The first-order valence-corrected chi connectivity index (χ1v) is 9.88. The van der Waals surface area contributed by atoms with Gasteiger partial charge in [0, 0.05) is 50.7 Å². The van der Waals surface area contributed by atoms with Gasteiger partial charge in [-0.3, -0.25) is 0 Å². The highest BCUT2D eigenvalue weighted by Gasteiger charge is 2.21. The largest absolute Gasteiger partial charge is 0.444 e. The number of oxazole rings is 1. The van der Waals surface area contributed by atoms with Crippen LogP contribution >= 0.6 is 24.0 Å². The topological polar surface area (TPSA) is 82.7 Å². The highest BCUT2D eigenvalue weighted by Crippen LogP contribution is 2.18. The molecule has 158 valence electrons. The second-order valence-corrected chi connectivity index (χ2v) is 6.70. The van der Waals surface area contributed by atoms with Gasteiger partial charge in [0.15, 0.2) is 5.96 Å². The van der Waals surface area contributed by atoms with Crippen molar-refractivity contribution in [2.75, 3.05) is 37.6 Å². The van der Waals surface area contributed by atoms with Crippen molar-refractivity contribution < 1.29 is 4.42 Å². The fraction of sp³-hybridized carbons (Fsp3) is 0.333. The average Bonchev–Trinajstić information content (AvgIpc) is 3.27. The molecule has 0 atom stereocenters. The first-order chi connectivity index (χ1) is 14.3. The van der Waals surface area contributed by atoms with Gasteiger partial charge in [0.2, 0.25) is 11.8 Å². The molecular formula is C21H26IN7O. The van der Waals surface area contributed by atoms with Gasteiger partial charge in [-0.05, 0) is 25.1 Å². The molecule has 3 aromatic rings. The predicted molar refractivity (Wildman–Crippen MR) is 128 cm³/mol. The Labute approximate surface area is 193 Å². The molecule has 0 aliphatic carbocycles. The van der Waals surface area contributed by atoms with Gasteiger partial charge in [-0.15, -0.1) is 24.0 Å². The third-order valence-corrected chi connectivity index (χ3v) is 4.71. The van der Waals surface area contributed by atoms with Crippen LogP contribution in [-0.4, -0.2) is 58.5 Å². The van der Waals surface area contributed by atoms with E-state index in [0.717, 1.165) is 55.9 Å². The minimum Gasteiger partial charge on any atom is -0.444 e. The summed E-state index contributed by atoms with van der Waals surface area (Å²) in [6.45, 7) is 6.80. The zero-order chi connectivity index (χ0) is 19.9. The summed E-state index contributed by atoms with van der Waals surface area (Å²) in [5.74, 6) is 2.30. The number of anilines is 1. The first-order valence-electron chi connectivity index (χ1n) is 9.88. The Morgan fingerprint density at radius 3 is 2.50 bits per heavy atom. The van der Waals surface area contributed by atoms with E-state index < -0.39 is 0 Å². The number of hydrogen-bond donors (Lipinski definition) is 1. The Morgan fingerprint density at radius 1 is 1.07 bits per heavy atom. The molecule has 4 rings (SSSR count). The summed E-state index contributed by atoms with van der Waals surface area (Å²) in [6.07, 6.45) is 5.24. The summed E-state index contributed by atoms with van der Waals surface area (Å²) >= 11 is 0. The molecule has 1 aliphatic rings. The Bertz CT molecular complexity index is 925. The number of nitrogens with zero attached hydrogens (tertiary/aromatic N) is 6. The number of aliphatic imine (C=N–C) groups is 1. The van der Waals surface area contributed by atoms with E-state index in [0.29, 0.717) is 12.4 Å². The molecule has 0 bridgehead atoms. The Hall–Kier alpha value is -2.69. The van der Waals surface area contributed by atoms with Crippen LogP contribution in [0.1, 0.15) is 12.6 Å². The number of guanidine groups is 1. The second-order valence-electron chi connectivity index (χ2n) is 6.70. The van der Waals surface area contributed by atoms with Gasteiger partial charge in [0.05, 0.1) is 6.54 Å². The van der Waals surface area contributed by atoms with Crippen molar-refractivity contribution in [2.24, 2.45) is 4.99 Å². The van der Waals surface area contributed by atoms with Crippen LogP contribution in [0.15, 0.2) is 64.5 Å². The fourth-order valence-electron chi connectivity index (χ4n) is 3.25. The number of aromatic nitrogens is 3. The van der Waals surface area contributed by atoms with Crippen LogP contribution in [0.25, 0.3) is 11.5 Å². The molecule has 0 unspecified atom stereocenters. The lowest BCUT2D eigenvalue weighted by Gasteiger charge is -2.36. The fourth-order valence-corrected chi connectivity index (χ4v) is 3.25. The van der Waals surface area contributed by atoms with Gasteiger partial charge < -0.3 is 19.5 Å². The molecule has 8 nitrogen and oxygen atoms in total. The second kappa shape index (κ2) is 10.9. The third kappa shape index (κ3) is 5.47. The number of benzene rings is 1. The number of rotatable bonds is 5. The van der Waals surface area contributed by atoms with E-state index in [9.17, 15) is 0 Å². The molecule has 0 saturated carbocycles. The Morgan fingerprint density at radius 2 is 1.80 bits per heavy atom. The standard InChI is InChI=1S/C21H25N7O.HI/c1-2-22-20(27-11-13-28(14-12-27)21-23-9-6-10-24-21)25-15-18-16-29-19(26-18)17-7-4-3-5-8-17;/h3-10,16H,2,11-15H2,1H3,(H,22,25);1H. The molecule has 0 radical (unpaired) electrons. The van der Waals surface area contributed by atoms with Gasteiger partial charge in [-0.25, -0.2) is 19.9 Å². The maximum Gasteiger partial charge on any atom is 0.226 e. The molecule has 1 aromatic carbocycles. The molecule has 3 heterocycles. The summed E-state index contributed by atoms with van der Waals surface area (Å²) in [4.78, 5) is 22.5. The molecule has 1 aliphatic heterocycles. The van der Waals surface area contributed by atoms with Crippen LogP contribution < -0.4 is 10.2 Å². The Kier molecular flexibility index (Phi) is 8.00. The van der Waals surface area contributed by atoms with Crippen LogP contribution in [0.3, 0.4) is 0 Å². The molecule has 1 fully saturated rings. The van der Waals surface area contributed by atoms with E-state index in [2.05, 4.69) is 37.0 Å². The van der Waals surface area contributed by atoms with Crippen LogP contribution in [0, 0.1) is 0 Å². The summed E-state index contributed by atoms with van der Waals surface area (Å²) < 4.78 is 5.62. The SMILES string of the molecule is CCNC(=NCc1coc(-c2ccccc2)n1)N1CCN(c2ncccn2)CC1.I. The lowest BCUT2D eigenvalue weighted by molar-refractivity contribution is 0.370.